The molecule has 0 radical (unpaired) electrons. The molecule has 0 bridgehead atoms. The van der Waals surface area contributed by atoms with Gasteiger partial charge in [-0.15, -0.1) is 0 Å². The molecule has 0 saturated heterocycles. The van der Waals surface area contributed by atoms with Crippen molar-refractivity contribution in [1.29, 1.82) is 0 Å². The largest absolute Gasteiger partial charge is 0.481 e. The molecule has 4 rings (SSSR count). The zero-order valence-electron chi connectivity index (χ0n) is 19.7. The van der Waals surface area contributed by atoms with Gasteiger partial charge in [-0.25, -0.2) is 4.98 Å². The van der Waals surface area contributed by atoms with Crippen molar-refractivity contribution in [1.82, 2.24) is 10.3 Å². The number of nitrogens with one attached hydrogen (secondary N) is 2. The number of hydrogen-bond donors (Lipinski definition) is 3. The van der Waals surface area contributed by atoms with Crippen LogP contribution >= 0.6 is 0 Å². The van der Waals surface area contributed by atoms with Gasteiger partial charge >= 0.3 is 5.97 Å². The van der Waals surface area contributed by atoms with Crippen molar-refractivity contribution in [3.8, 4) is 11.3 Å². The van der Waals surface area contributed by atoms with Crippen LogP contribution in [-0.4, -0.2) is 28.5 Å². The second-order valence-corrected chi connectivity index (χ2v) is 8.99. The molecule has 0 spiro atoms. The molecule has 1 aliphatic carbocycles. The number of rotatable bonds is 9. The Morgan fingerprint density at radius 2 is 1.89 bits per heavy atom. The minimum Gasteiger partial charge on any atom is -0.481 e. The molecule has 1 unspecified atom stereocenters. The van der Waals surface area contributed by atoms with Gasteiger partial charge in [0.25, 0.3) is 5.91 Å². The highest BCUT2D eigenvalue weighted by molar-refractivity contribution is 5.94. The van der Waals surface area contributed by atoms with Crippen LogP contribution in [0.25, 0.3) is 11.3 Å². The number of hydrogen-bond acceptors (Lipinski definition) is 5. The number of carboxylic acid groups (broad SMARTS) is 1. The Hall–Kier alpha value is -3.68. The first-order chi connectivity index (χ1) is 16.9. The minimum absolute atomic E-state index is 0.0245. The number of aryl methyl sites for hydroxylation is 1. The molecule has 35 heavy (non-hydrogen) atoms. The Labute approximate surface area is 203 Å². The highest BCUT2D eigenvalue weighted by atomic mass is 19.1. The maximum Gasteiger partial charge on any atom is 0.305 e. The predicted octanol–water partition coefficient (Wildman–Crippen LogP) is 5.73. The number of nitrogens with zero attached hydrogens (tertiary/aromatic N) is 1. The lowest BCUT2D eigenvalue weighted by atomic mass is 9.81. The highest BCUT2D eigenvalue weighted by Gasteiger charge is 2.28. The number of aromatic nitrogens is 1. The van der Waals surface area contributed by atoms with Gasteiger partial charge in [-0.05, 0) is 68.1 Å². The summed E-state index contributed by atoms with van der Waals surface area (Å²) in [7, 11) is 0. The van der Waals surface area contributed by atoms with E-state index in [-0.39, 0.29) is 24.9 Å². The van der Waals surface area contributed by atoms with Crippen molar-refractivity contribution in [2.75, 3.05) is 11.9 Å². The van der Waals surface area contributed by atoms with E-state index in [1.807, 2.05) is 25.1 Å². The number of halogens is 1. The second-order valence-electron chi connectivity index (χ2n) is 8.99. The molecule has 1 saturated carbocycles. The Morgan fingerprint density at radius 1 is 1.14 bits per heavy atom. The third-order valence-corrected chi connectivity index (χ3v) is 6.52. The third-order valence-electron chi connectivity index (χ3n) is 6.52. The summed E-state index contributed by atoms with van der Waals surface area (Å²) in [6.07, 6.45) is 7.19. The molecular formula is C27H30FN3O4. The average molecular weight is 480 g/mol. The monoisotopic (exact) mass is 479 g/mol. The Morgan fingerprint density at radius 3 is 2.54 bits per heavy atom. The van der Waals surface area contributed by atoms with E-state index >= 15 is 0 Å². The summed E-state index contributed by atoms with van der Waals surface area (Å²) in [5, 5.41) is 15.0. The predicted molar refractivity (Wildman–Crippen MR) is 131 cm³/mol. The van der Waals surface area contributed by atoms with Crippen molar-refractivity contribution >= 4 is 17.6 Å². The first kappa shape index (κ1) is 24.4. The standard InChI is InChI=1S/C27H30FN3O4/c1-17-22(15-23(35-17)20-9-12-24(28)30-16-20)26(18-5-3-2-4-6-18)31-21-10-7-19(8-11-21)27(34)29-14-13-25(32)33/h7-12,15-16,18,26,31H,2-6,13-14H2,1H3,(H,29,34)(H,32,33). The van der Waals surface area contributed by atoms with Gasteiger partial charge in [0.1, 0.15) is 11.5 Å². The molecule has 8 heteroatoms. The Balaban J connectivity index is 1.54. The first-order valence-electron chi connectivity index (χ1n) is 12.0. The summed E-state index contributed by atoms with van der Waals surface area (Å²) in [6.45, 7) is 2.03. The van der Waals surface area contributed by atoms with Crippen molar-refractivity contribution < 1.29 is 23.5 Å². The van der Waals surface area contributed by atoms with E-state index in [1.165, 1.54) is 31.5 Å². The van der Waals surface area contributed by atoms with Crippen LogP contribution in [0, 0.1) is 18.8 Å². The number of carbonyl (C=O) groups excluding carboxylic acids is 1. The summed E-state index contributed by atoms with van der Waals surface area (Å²) >= 11 is 0. The van der Waals surface area contributed by atoms with Crippen LogP contribution in [0.1, 0.15) is 66.2 Å². The number of carboxylic acids is 1. The molecule has 2 aromatic heterocycles. The van der Waals surface area contributed by atoms with Gasteiger partial charge in [0.2, 0.25) is 5.95 Å². The molecule has 1 atom stereocenters. The SMILES string of the molecule is Cc1oc(-c2ccc(F)nc2)cc1C(Nc1ccc(C(=O)NCCC(=O)O)cc1)C1CCCCC1. The normalized spacial score (nSPS) is 14.9. The molecule has 3 N–H and O–H groups in total. The molecule has 1 amide bonds. The van der Waals surface area contributed by atoms with Crippen molar-refractivity contribution in [2.45, 2.75) is 51.5 Å². The van der Waals surface area contributed by atoms with Crippen LogP contribution < -0.4 is 10.6 Å². The summed E-state index contributed by atoms with van der Waals surface area (Å²) in [4.78, 5) is 26.7. The maximum atomic E-state index is 13.3. The van der Waals surface area contributed by atoms with Gasteiger partial charge in [0, 0.05) is 35.1 Å². The highest BCUT2D eigenvalue weighted by Crippen LogP contribution is 2.40. The van der Waals surface area contributed by atoms with Gasteiger partial charge in [-0.2, -0.15) is 4.39 Å². The number of pyridine rings is 1. The quantitative estimate of drug-likeness (QED) is 0.339. The molecule has 184 valence electrons. The van der Waals surface area contributed by atoms with E-state index in [0.717, 1.165) is 35.4 Å². The average Bonchev–Trinajstić information content (AvgIpc) is 3.24. The van der Waals surface area contributed by atoms with Gasteiger partial charge in [0.05, 0.1) is 12.5 Å². The van der Waals surface area contributed by atoms with Crippen molar-refractivity contribution in [3.63, 3.8) is 0 Å². The fourth-order valence-electron chi connectivity index (χ4n) is 4.67. The van der Waals surface area contributed by atoms with Crippen LogP contribution in [0.15, 0.2) is 53.1 Å². The van der Waals surface area contributed by atoms with Crippen molar-refractivity contribution in [2.24, 2.45) is 5.92 Å². The third kappa shape index (κ3) is 6.26. The summed E-state index contributed by atoms with van der Waals surface area (Å²) < 4.78 is 19.3. The summed E-state index contributed by atoms with van der Waals surface area (Å²) in [5.74, 6) is 0.107. The van der Waals surface area contributed by atoms with Crippen LogP contribution in [0.5, 0.6) is 0 Å². The zero-order chi connectivity index (χ0) is 24.8. The van der Waals surface area contributed by atoms with E-state index in [1.54, 1.807) is 18.2 Å². The molecule has 7 nitrogen and oxygen atoms in total. The Bertz CT molecular complexity index is 1150. The molecule has 2 heterocycles. The van der Waals surface area contributed by atoms with E-state index in [0.29, 0.717) is 17.2 Å². The molecule has 1 aliphatic rings. The van der Waals surface area contributed by atoms with Crippen LogP contribution in [-0.2, 0) is 4.79 Å². The van der Waals surface area contributed by atoms with Gasteiger partial charge in [-0.3, -0.25) is 9.59 Å². The van der Waals surface area contributed by atoms with Crippen LogP contribution in [0.3, 0.4) is 0 Å². The number of aliphatic carboxylic acids is 1. The molecular weight excluding hydrogens is 449 g/mol. The van der Waals surface area contributed by atoms with Crippen LogP contribution in [0.2, 0.25) is 0 Å². The fourth-order valence-corrected chi connectivity index (χ4v) is 4.67. The molecule has 1 fully saturated rings. The lowest BCUT2D eigenvalue weighted by Gasteiger charge is -2.31. The first-order valence-corrected chi connectivity index (χ1v) is 12.0. The molecule has 0 aliphatic heterocycles. The molecule has 1 aromatic carbocycles. The lowest BCUT2D eigenvalue weighted by molar-refractivity contribution is -0.136. The second kappa shape index (κ2) is 11.2. The molecule has 3 aromatic rings. The maximum absolute atomic E-state index is 13.3. The smallest absolute Gasteiger partial charge is 0.305 e. The van der Waals surface area contributed by atoms with Gasteiger partial charge in [0.15, 0.2) is 0 Å². The van der Waals surface area contributed by atoms with Gasteiger partial charge < -0.3 is 20.2 Å². The lowest BCUT2D eigenvalue weighted by Crippen LogP contribution is -2.26. The van der Waals surface area contributed by atoms with Crippen molar-refractivity contribution in [3.05, 3.63) is 71.5 Å². The number of benzene rings is 1. The van der Waals surface area contributed by atoms with E-state index in [4.69, 9.17) is 9.52 Å². The minimum atomic E-state index is -0.952. The van der Waals surface area contributed by atoms with E-state index in [2.05, 4.69) is 15.6 Å². The van der Waals surface area contributed by atoms with E-state index < -0.39 is 11.9 Å². The number of carbonyl (C=O) groups is 2. The van der Waals surface area contributed by atoms with Crippen LogP contribution in [0.4, 0.5) is 10.1 Å². The topological polar surface area (TPSA) is 104 Å². The van der Waals surface area contributed by atoms with E-state index in [9.17, 15) is 14.0 Å². The number of furan rings is 1. The number of amides is 1. The Kier molecular flexibility index (Phi) is 7.80. The fraction of sp³-hybridized carbons (Fsp3) is 0.370. The zero-order valence-corrected chi connectivity index (χ0v) is 19.7. The summed E-state index contributed by atoms with van der Waals surface area (Å²) in [6, 6.07) is 12.2. The summed E-state index contributed by atoms with van der Waals surface area (Å²) in [5.41, 5.74) is 3.14. The van der Waals surface area contributed by atoms with Gasteiger partial charge in [-0.1, -0.05) is 19.3 Å². The number of anilines is 1.